The fraction of sp³-hybridized carbons (Fsp3) is 0.107. The van der Waals surface area contributed by atoms with Crippen molar-refractivity contribution in [1.82, 2.24) is 9.97 Å². The van der Waals surface area contributed by atoms with Gasteiger partial charge in [-0.05, 0) is 76.7 Å². The highest BCUT2D eigenvalue weighted by Gasteiger charge is 2.14. The Balaban J connectivity index is 1.31. The lowest BCUT2D eigenvalue weighted by Crippen LogP contribution is -2.15. The number of nitrogens with zero attached hydrogens (tertiary/aromatic N) is 2. The van der Waals surface area contributed by atoms with Gasteiger partial charge in [0, 0.05) is 21.8 Å². The highest BCUT2D eigenvalue weighted by molar-refractivity contribution is 7.17. The van der Waals surface area contributed by atoms with Gasteiger partial charge in [0.2, 0.25) is 11.9 Å². The Morgan fingerprint density at radius 3 is 2.83 bits per heavy atom. The number of anilines is 5. The number of hydrogen-bond acceptors (Lipinski definition) is 6. The fourth-order valence-electron chi connectivity index (χ4n) is 4.40. The van der Waals surface area contributed by atoms with Gasteiger partial charge in [0.1, 0.15) is 5.02 Å². The minimum Gasteiger partial charge on any atom is -0.339 e. The van der Waals surface area contributed by atoms with Crippen molar-refractivity contribution in [2.75, 3.05) is 16.0 Å². The molecule has 6 nitrogen and oxygen atoms in total. The van der Waals surface area contributed by atoms with Crippen LogP contribution in [0.3, 0.4) is 0 Å². The summed E-state index contributed by atoms with van der Waals surface area (Å²) in [7, 11) is 0. The highest BCUT2D eigenvalue weighted by atomic mass is 35.5. The number of amides is 1. The van der Waals surface area contributed by atoms with Crippen LogP contribution in [0.5, 0.6) is 0 Å². The molecular formula is C28H22ClN5OS. The lowest BCUT2D eigenvalue weighted by atomic mass is 10.0. The van der Waals surface area contributed by atoms with E-state index in [1.807, 2.05) is 42.5 Å². The van der Waals surface area contributed by atoms with Gasteiger partial charge < -0.3 is 16.0 Å². The van der Waals surface area contributed by atoms with Crippen LogP contribution in [-0.4, -0.2) is 15.9 Å². The summed E-state index contributed by atoms with van der Waals surface area (Å²) in [6.45, 7) is 0. The van der Waals surface area contributed by atoms with Crippen LogP contribution in [-0.2, 0) is 24.1 Å². The van der Waals surface area contributed by atoms with Gasteiger partial charge in [-0.25, -0.2) is 4.98 Å². The van der Waals surface area contributed by atoms with Crippen molar-refractivity contribution in [2.45, 2.75) is 19.3 Å². The van der Waals surface area contributed by atoms with Crippen LogP contribution < -0.4 is 16.0 Å². The summed E-state index contributed by atoms with van der Waals surface area (Å²) >= 11 is 8.04. The molecule has 178 valence electrons. The summed E-state index contributed by atoms with van der Waals surface area (Å²) in [6.07, 6.45) is 3.48. The third-order valence-electron chi connectivity index (χ3n) is 6.16. The van der Waals surface area contributed by atoms with E-state index in [1.54, 1.807) is 17.5 Å². The predicted octanol–water partition coefficient (Wildman–Crippen LogP) is 7.11. The Morgan fingerprint density at radius 1 is 1.00 bits per heavy atom. The second kappa shape index (κ2) is 9.60. The first kappa shape index (κ1) is 22.5. The molecule has 6 rings (SSSR count). The second-order valence-electron chi connectivity index (χ2n) is 8.69. The molecule has 0 saturated heterocycles. The number of aryl methyl sites for hydroxylation is 2. The van der Waals surface area contributed by atoms with Crippen molar-refractivity contribution in [3.05, 3.63) is 100 Å². The number of carbonyl (C=O) groups is 1. The van der Waals surface area contributed by atoms with Gasteiger partial charge in [-0.3, -0.25) is 4.79 Å². The van der Waals surface area contributed by atoms with Crippen LogP contribution in [0.25, 0.3) is 10.1 Å². The third-order valence-corrected chi connectivity index (χ3v) is 7.45. The monoisotopic (exact) mass is 511 g/mol. The molecule has 0 atom stereocenters. The normalized spacial score (nSPS) is 12.5. The van der Waals surface area contributed by atoms with Gasteiger partial charge in [-0.1, -0.05) is 41.9 Å². The lowest BCUT2D eigenvalue weighted by molar-refractivity contribution is -0.115. The zero-order chi connectivity index (χ0) is 24.5. The number of halogens is 1. The van der Waals surface area contributed by atoms with Crippen molar-refractivity contribution in [3.8, 4) is 0 Å². The Morgan fingerprint density at radius 2 is 1.89 bits per heavy atom. The molecule has 3 aromatic carbocycles. The average Bonchev–Trinajstić information content (AvgIpc) is 3.28. The number of benzene rings is 3. The van der Waals surface area contributed by atoms with Gasteiger partial charge in [-0.2, -0.15) is 4.98 Å². The van der Waals surface area contributed by atoms with E-state index < -0.39 is 0 Å². The Bertz CT molecular complexity index is 1600. The van der Waals surface area contributed by atoms with E-state index in [0.717, 1.165) is 46.4 Å². The maximum atomic E-state index is 13.1. The fourth-order valence-corrected chi connectivity index (χ4v) is 5.50. The number of aromatic nitrogens is 2. The summed E-state index contributed by atoms with van der Waals surface area (Å²) in [4.78, 5) is 21.9. The molecule has 1 aliphatic heterocycles. The van der Waals surface area contributed by atoms with Crippen LogP contribution in [0, 0.1) is 0 Å². The molecule has 0 aliphatic carbocycles. The Kier molecular flexibility index (Phi) is 6.01. The summed E-state index contributed by atoms with van der Waals surface area (Å²) < 4.78 is 1.19. The van der Waals surface area contributed by atoms with Crippen molar-refractivity contribution < 1.29 is 4.79 Å². The van der Waals surface area contributed by atoms with Gasteiger partial charge in [0.25, 0.3) is 0 Å². The van der Waals surface area contributed by atoms with Crippen LogP contribution >= 0.6 is 22.9 Å². The first-order valence-corrected chi connectivity index (χ1v) is 12.9. The van der Waals surface area contributed by atoms with E-state index >= 15 is 0 Å². The standard InChI is InChI=1S/C28H22ClN5OS/c29-23-15-30-28-32-20-5-3-4-17(12-20)8-9-18-13-21(31-27(23)34-28)10-11-24(18)33-26(35)14-19-16-36-25-7-2-1-6-22(19)25/h1-7,10-13,15-16H,8-9,14H2,(H,33,35)(H2,30,31,32,34). The van der Waals surface area contributed by atoms with Crippen molar-refractivity contribution >= 4 is 67.8 Å². The quantitative estimate of drug-likeness (QED) is 0.240. The molecule has 3 heterocycles. The number of carbonyl (C=O) groups excluding carboxylic acids is 1. The van der Waals surface area contributed by atoms with Crippen molar-refractivity contribution in [3.63, 3.8) is 0 Å². The molecule has 3 N–H and O–H groups in total. The molecular weight excluding hydrogens is 490 g/mol. The summed E-state index contributed by atoms with van der Waals surface area (Å²) in [5, 5.41) is 13.3. The maximum absolute atomic E-state index is 13.1. The summed E-state index contributed by atoms with van der Waals surface area (Å²) in [5.74, 6) is 0.938. The molecule has 0 fully saturated rings. The van der Waals surface area contributed by atoms with Crippen molar-refractivity contribution in [2.24, 2.45) is 0 Å². The SMILES string of the molecule is O=C(Cc1csc2ccccc12)Nc1ccc2cc1CCc1cccc(c1)Nc1ncc(Cl)c(n1)N2. The van der Waals surface area contributed by atoms with Gasteiger partial charge in [0.15, 0.2) is 5.82 Å². The number of hydrogen-bond donors (Lipinski definition) is 3. The molecule has 36 heavy (non-hydrogen) atoms. The first-order valence-electron chi connectivity index (χ1n) is 11.6. The van der Waals surface area contributed by atoms with E-state index in [9.17, 15) is 4.79 Å². The van der Waals surface area contributed by atoms with E-state index in [-0.39, 0.29) is 5.91 Å². The highest BCUT2D eigenvalue weighted by Crippen LogP contribution is 2.30. The molecule has 1 amide bonds. The predicted molar refractivity (Wildman–Crippen MR) is 148 cm³/mol. The van der Waals surface area contributed by atoms with E-state index in [4.69, 9.17) is 11.6 Å². The van der Waals surface area contributed by atoms with Gasteiger partial charge in [0.05, 0.1) is 12.6 Å². The topological polar surface area (TPSA) is 78.9 Å². The largest absolute Gasteiger partial charge is 0.339 e. The van der Waals surface area contributed by atoms with Crippen LogP contribution in [0.2, 0.25) is 5.02 Å². The summed E-state index contributed by atoms with van der Waals surface area (Å²) in [6, 6.07) is 22.3. The number of nitrogens with one attached hydrogen (secondary N) is 3. The zero-order valence-corrected chi connectivity index (χ0v) is 20.8. The third kappa shape index (κ3) is 4.76. The Labute approximate surface area is 217 Å². The van der Waals surface area contributed by atoms with E-state index in [1.165, 1.54) is 10.3 Å². The smallest absolute Gasteiger partial charge is 0.229 e. The molecule has 0 unspecified atom stereocenters. The minimum atomic E-state index is -0.0342. The number of rotatable bonds is 3. The van der Waals surface area contributed by atoms with Gasteiger partial charge >= 0.3 is 0 Å². The molecule has 0 saturated carbocycles. The zero-order valence-electron chi connectivity index (χ0n) is 19.2. The molecule has 5 aromatic rings. The first-order chi connectivity index (χ1) is 17.6. The second-order valence-corrected chi connectivity index (χ2v) is 10.0. The molecule has 2 aromatic heterocycles. The van der Waals surface area contributed by atoms with Crippen LogP contribution in [0.15, 0.2) is 78.3 Å². The molecule has 8 heteroatoms. The van der Waals surface area contributed by atoms with Crippen LogP contribution in [0.4, 0.5) is 28.8 Å². The lowest BCUT2D eigenvalue weighted by Gasteiger charge is -2.15. The van der Waals surface area contributed by atoms with E-state index in [2.05, 4.69) is 55.6 Å². The van der Waals surface area contributed by atoms with Gasteiger partial charge in [-0.15, -0.1) is 11.3 Å². The summed E-state index contributed by atoms with van der Waals surface area (Å²) in [5.41, 5.74) is 5.81. The van der Waals surface area contributed by atoms with Crippen LogP contribution in [0.1, 0.15) is 16.7 Å². The number of fused-ring (bicyclic) bond motifs is 7. The Hall–Kier alpha value is -3.94. The average molecular weight is 512 g/mol. The maximum Gasteiger partial charge on any atom is 0.229 e. The minimum absolute atomic E-state index is 0.0342. The van der Waals surface area contributed by atoms with E-state index in [0.29, 0.717) is 23.2 Å². The molecule has 0 spiro atoms. The molecule has 6 bridgehead atoms. The molecule has 1 aliphatic rings. The van der Waals surface area contributed by atoms with Crippen molar-refractivity contribution in [1.29, 1.82) is 0 Å². The number of thiophene rings is 1. The molecule has 0 radical (unpaired) electrons.